The zero-order valence-corrected chi connectivity index (χ0v) is 9.06. The van der Waals surface area contributed by atoms with Crippen LogP contribution in [0, 0.1) is 5.82 Å². The Morgan fingerprint density at radius 3 is 2.42 bits per heavy atom. The predicted molar refractivity (Wildman–Crippen MR) is 35.7 cm³/mol. The van der Waals surface area contributed by atoms with Crippen molar-refractivity contribution in [2.24, 2.45) is 0 Å². The SMILES string of the molecule is O=C([O-])c1c(F)cccc1Cl.[Na+]. The molecule has 0 saturated heterocycles. The Balaban J connectivity index is 0.00000121. The molecule has 0 bridgehead atoms. The van der Waals surface area contributed by atoms with Crippen LogP contribution in [0.2, 0.25) is 5.02 Å². The number of benzene rings is 1. The van der Waals surface area contributed by atoms with Gasteiger partial charge >= 0.3 is 29.6 Å². The molecule has 2 nitrogen and oxygen atoms in total. The van der Waals surface area contributed by atoms with Gasteiger partial charge in [-0.2, -0.15) is 0 Å². The monoisotopic (exact) mass is 196 g/mol. The van der Waals surface area contributed by atoms with Crippen molar-refractivity contribution in [3.8, 4) is 0 Å². The molecule has 0 amide bonds. The van der Waals surface area contributed by atoms with Crippen molar-refractivity contribution in [1.82, 2.24) is 0 Å². The maximum Gasteiger partial charge on any atom is 1.00 e. The van der Waals surface area contributed by atoms with Crippen LogP contribution in [0.5, 0.6) is 0 Å². The van der Waals surface area contributed by atoms with Gasteiger partial charge in [-0.25, -0.2) is 4.39 Å². The molecule has 0 saturated carbocycles. The van der Waals surface area contributed by atoms with E-state index in [2.05, 4.69) is 0 Å². The van der Waals surface area contributed by atoms with Crippen molar-refractivity contribution in [3.05, 3.63) is 34.6 Å². The molecular formula is C7H3ClFNaO2. The maximum atomic E-state index is 12.6. The van der Waals surface area contributed by atoms with Crippen molar-refractivity contribution in [1.29, 1.82) is 0 Å². The topological polar surface area (TPSA) is 40.1 Å². The summed E-state index contributed by atoms with van der Waals surface area (Å²) in [5.74, 6) is -2.48. The van der Waals surface area contributed by atoms with E-state index in [0.717, 1.165) is 6.07 Å². The summed E-state index contributed by atoms with van der Waals surface area (Å²) in [5, 5.41) is 10.1. The number of aromatic carboxylic acids is 1. The molecule has 12 heavy (non-hydrogen) atoms. The van der Waals surface area contributed by atoms with E-state index in [9.17, 15) is 14.3 Å². The van der Waals surface area contributed by atoms with Crippen LogP contribution < -0.4 is 34.7 Å². The Kier molecular flexibility index (Phi) is 4.78. The van der Waals surface area contributed by atoms with E-state index in [0.29, 0.717) is 0 Å². The molecule has 0 heterocycles. The number of carbonyl (C=O) groups excluding carboxylic acids is 1. The van der Waals surface area contributed by atoms with Crippen molar-refractivity contribution >= 4 is 17.6 Å². The van der Waals surface area contributed by atoms with Gasteiger partial charge in [-0.05, 0) is 12.1 Å². The van der Waals surface area contributed by atoms with Gasteiger partial charge in [-0.3, -0.25) is 0 Å². The largest absolute Gasteiger partial charge is 1.00 e. The van der Waals surface area contributed by atoms with Gasteiger partial charge in [0.15, 0.2) is 0 Å². The number of carboxylic acids is 1. The van der Waals surface area contributed by atoms with Gasteiger partial charge in [-0.1, -0.05) is 17.7 Å². The Hall–Kier alpha value is -0.0900. The first kappa shape index (κ1) is 11.9. The van der Waals surface area contributed by atoms with Gasteiger partial charge in [-0.15, -0.1) is 0 Å². The van der Waals surface area contributed by atoms with Crippen LogP contribution in [-0.4, -0.2) is 5.97 Å². The third-order valence-corrected chi connectivity index (χ3v) is 1.48. The third kappa shape index (κ3) is 2.45. The number of hydrogen-bond acceptors (Lipinski definition) is 2. The van der Waals surface area contributed by atoms with E-state index in [1.807, 2.05) is 0 Å². The van der Waals surface area contributed by atoms with Gasteiger partial charge in [0.05, 0.1) is 16.6 Å². The van der Waals surface area contributed by atoms with Gasteiger partial charge in [0.25, 0.3) is 0 Å². The molecule has 58 valence electrons. The van der Waals surface area contributed by atoms with Crippen LogP contribution >= 0.6 is 11.6 Å². The van der Waals surface area contributed by atoms with Crippen molar-refractivity contribution < 1.29 is 43.8 Å². The second-order valence-corrected chi connectivity index (χ2v) is 2.29. The van der Waals surface area contributed by atoms with Gasteiger partial charge in [0, 0.05) is 0 Å². The summed E-state index contributed by atoms with van der Waals surface area (Å²) in [6, 6.07) is 3.62. The summed E-state index contributed by atoms with van der Waals surface area (Å²) in [6.45, 7) is 0. The van der Waals surface area contributed by atoms with Gasteiger partial charge in [0.1, 0.15) is 5.82 Å². The first-order chi connectivity index (χ1) is 5.13. The third-order valence-electron chi connectivity index (χ3n) is 1.17. The van der Waals surface area contributed by atoms with Crippen molar-refractivity contribution in [2.45, 2.75) is 0 Å². The summed E-state index contributed by atoms with van der Waals surface area (Å²) < 4.78 is 12.6. The predicted octanol–water partition coefficient (Wildman–Crippen LogP) is -2.15. The quantitative estimate of drug-likeness (QED) is 0.481. The Morgan fingerprint density at radius 2 is 2.08 bits per heavy atom. The number of hydrogen-bond donors (Lipinski definition) is 0. The molecule has 0 spiro atoms. The number of rotatable bonds is 1. The first-order valence-electron chi connectivity index (χ1n) is 2.78. The molecule has 0 radical (unpaired) electrons. The van der Waals surface area contributed by atoms with Crippen molar-refractivity contribution in [3.63, 3.8) is 0 Å². The smallest absolute Gasteiger partial charge is 0.545 e. The van der Waals surface area contributed by atoms with E-state index in [4.69, 9.17) is 11.6 Å². The molecule has 0 aliphatic rings. The average molecular weight is 197 g/mol. The molecule has 0 aliphatic heterocycles. The Labute approximate surface area is 95.6 Å². The van der Waals surface area contributed by atoms with Crippen LogP contribution in [0.3, 0.4) is 0 Å². The average Bonchev–Trinajstić information content (AvgIpc) is 1.85. The minimum Gasteiger partial charge on any atom is -0.545 e. The number of carbonyl (C=O) groups is 1. The molecular weight excluding hydrogens is 194 g/mol. The molecule has 0 aliphatic carbocycles. The summed E-state index contributed by atoms with van der Waals surface area (Å²) >= 11 is 5.36. The van der Waals surface area contributed by atoms with E-state index in [1.54, 1.807) is 0 Å². The van der Waals surface area contributed by atoms with Crippen LogP contribution in [0.1, 0.15) is 10.4 Å². The molecule has 0 fully saturated rings. The first-order valence-corrected chi connectivity index (χ1v) is 3.16. The second-order valence-electron chi connectivity index (χ2n) is 1.88. The zero-order chi connectivity index (χ0) is 8.43. The minimum absolute atomic E-state index is 0. The van der Waals surface area contributed by atoms with Crippen LogP contribution in [0.4, 0.5) is 4.39 Å². The molecule has 0 atom stereocenters. The molecule has 0 N–H and O–H groups in total. The summed E-state index contributed by atoms with van der Waals surface area (Å²) in [7, 11) is 0. The summed E-state index contributed by atoms with van der Waals surface area (Å²) in [4.78, 5) is 10.2. The van der Waals surface area contributed by atoms with E-state index in [-0.39, 0.29) is 34.6 Å². The molecule has 1 aromatic carbocycles. The second kappa shape index (κ2) is 4.82. The maximum absolute atomic E-state index is 12.6. The molecule has 5 heteroatoms. The van der Waals surface area contributed by atoms with E-state index in [1.165, 1.54) is 12.1 Å². The molecule has 1 aromatic rings. The van der Waals surface area contributed by atoms with Gasteiger partial charge < -0.3 is 9.90 Å². The fourth-order valence-electron chi connectivity index (χ4n) is 0.693. The summed E-state index contributed by atoms with van der Waals surface area (Å²) in [6.07, 6.45) is 0. The van der Waals surface area contributed by atoms with Crippen molar-refractivity contribution in [2.75, 3.05) is 0 Å². The summed E-state index contributed by atoms with van der Waals surface area (Å²) in [5.41, 5.74) is -0.589. The van der Waals surface area contributed by atoms with Crippen LogP contribution in [0.15, 0.2) is 18.2 Å². The Bertz CT molecular complexity index is 283. The van der Waals surface area contributed by atoms with Gasteiger partial charge in [0.2, 0.25) is 0 Å². The standard InChI is InChI=1S/C7H4ClFO2.Na/c8-4-2-1-3-5(9)6(4)7(10)11;/h1-3H,(H,10,11);/q;+1/p-1. The Morgan fingerprint density at radius 1 is 1.50 bits per heavy atom. The fourth-order valence-corrected chi connectivity index (χ4v) is 0.933. The van der Waals surface area contributed by atoms with Crippen LogP contribution in [-0.2, 0) is 0 Å². The van der Waals surface area contributed by atoms with E-state index >= 15 is 0 Å². The minimum atomic E-state index is -1.60. The molecule has 0 aromatic heterocycles. The number of halogens is 2. The number of carboxylic acid groups (broad SMARTS) is 1. The molecule has 1 rings (SSSR count). The zero-order valence-electron chi connectivity index (χ0n) is 6.30. The fraction of sp³-hybridized carbons (Fsp3) is 0. The normalized spacial score (nSPS) is 8.83. The van der Waals surface area contributed by atoms with Crippen LogP contribution in [0.25, 0.3) is 0 Å². The van der Waals surface area contributed by atoms with E-state index < -0.39 is 17.3 Å². The molecule has 0 unspecified atom stereocenters.